The molecule has 1 saturated heterocycles. The van der Waals surface area contributed by atoms with Crippen LogP contribution in [0.4, 0.5) is 10.1 Å². The van der Waals surface area contributed by atoms with Gasteiger partial charge < -0.3 is 14.7 Å². The van der Waals surface area contributed by atoms with Crippen LogP contribution in [-0.4, -0.2) is 51.2 Å². The molecule has 0 aromatic heterocycles. The van der Waals surface area contributed by atoms with Crippen LogP contribution in [0.5, 0.6) is 5.75 Å². The van der Waals surface area contributed by atoms with Crippen molar-refractivity contribution in [2.75, 3.05) is 32.2 Å². The first-order valence-electron chi connectivity index (χ1n) is 11.2. The number of ether oxygens (including phenoxy) is 1. The highest BCUT2D eigenvalue weighted by Crippen LogP contribution is 2.51. The summed E-state index contributed by atoms with van der Waals surface area (Å²) in [4.78, 5) is 2.18. The number of hydrogen-bond donors (Lipinski definition) is 1. The maximum atomic E-state index is 13.9. The molecule has 34 heavy (non-hydrogen) atoms. The largest absolute Gasteiger partial charge is 0.495 e. The predicted octanol–water partition coefficient (Wildman–Crippen LogP) is 4.06. The number of anilines is 1. The second-order valence-corrected chi connectivity index (χ2v) is 10.7. The Morgan fingerprint density at radius 2 is 1.76 bits per heavy atom. The van der Waals surface area contributed by atoms with Gasteiger partial charge in [-0.25, -0.2) is 12.8 Å². The molecule has 178 valence electrons. The average molecular weight is 483 g/mol. The van der Waals surface area contributed by atoms with Crippen LogP contribution in [0.3, 0.4) is 0 Å². The Bertz CT molecular complexity index is 1310. The van der Waals surface area contributed by atoms with Crippen molar-refractivity contribution in [2.24, 2.45) is 5.92 Å². The lowest BCUT2D eigenvalue weighted by molar-refractivity contribution is 0.193. The second kappa shape index (κ2) is 8.69. The van der Waals surface area contributed by atoms with Crippen molar-refractivity contribution < 1.29 is 22.7 Å². The van der Waals surface area contributed by atoms with E-state index in [1.165, 1.54) is 19.2 Å². The number of sulfonamides is 1. The van der Waals surface area contributed by atoms with Crippen molar-refractivity contribution in [2.45, 2.75) is 23.4 Å². The molecular weight excluding hydrogens is 455 g/mol. The molecule has 0 aliphatic carbocycles. The Morgan fingerprint density at radius 3 is 2.47 bits per heavy atom. The number of likely N-dealkylation sites (N-methyl/N-ethyl adjacent to an activating group) is 1. The Kier molecular flexibility index (Phi) is 5.83. The maximum absolute atomic E-state index is 13.9. The molecule has 0 bridgehead atoms. The molecule has 6 nitrogen and oxygen atoms in total. The standard InChI is InChI=1S/C26H27FN2O4S/c1-28-22-12-9-18(17-7-10-19(27)11-8-17)15-21(22)26-20(23(28)16-30)13-14-29(26)34(31,32)25-6-4-3-5-24(25)33-2/h3-12,15,20,23,26,30H,13-14,16H2,1-2H3/t20-,23+,26-/m0/s1. The van der Waals surface area contributed by atoms with E-state index in [0.29, 0.717) is 18.7 Å². The minimum Gasteiger partial charge on any atom is -0.495 e. The Morgan fingerprint density at radius 1 is 1.06 bits per heavy atom. The lowest BCUT2D eigenvalue weighted by atomic mass is 9.81. The van der Waals surface area contributed by atoms with Crippen LogP contribution in [0.2, 0.25) is 0 Å². The van der Waals surface area contributed by atoms with Gasteiger partial charge in [-0.1, -0.05) is 30.3 Å². The Labute approximate surface area is 199 Å². The molecule has 0 radical (unpaired) electrons. The Balaban J connectivity index is 1.65. The fourth-order valence-corrected chi connectivity index (χ4v) is 7.29. The summed E-state index contributed by atoms with van der Waals surface area (Å²) in [6, 6.07) is 18.2. The molecule has 5 rings (SSSR count). The fraction of sp³-hybridized carbons (Fsp3) is 0.308. The molecule has 2 heterocycles. The molecule has 0 unspecified atom stereocenters. The summed E-state index contributed by atoms with van der Waals surface area (Å²) in [6.07, 6.45) is 0.634. The van der Waals surface area contributed by atoms with Gasteiger partial charge in [0, 0.05) is 25.2 Å². The topological polar surface area (TPSA) is 70.1 Å². The van der Waals surface area contributed by atoms with E-state index in [1.54, 1.807) is 40.7 Å². The van der Waals surface area contributed by atoms with Gasteiger partial charge in [0.15, 0.2) is 0 Å². The van der Waals surface area contributed by atoms with Gasteiger partial charge in [-0.05, 0) is 59.5 Å². The highest BCUT2D eigenvalue weighted by molar-refractivity contribution is 7.89. The molecule has 8 heteroatoms. The van der Waals surface area contributed by atoms with Crippen molar-refractivity contribution in [1.29, 1.82) is 0 Å². The van der Waals surface area contributed by atoms with Crippen molar-refractivity contribution >= 4 is 15.7 Å². The number of nitrogens with zero attached hydrogens (tertiary/aromatic N) is 2. The summed E-state index contributed by atoms with van der Waals surface area (Å²) >= 11 is 0. The number of rotatable bonds is 5. The van der Waals surface area contributed by atoms with Gasteiger partial charge in [0.1, 0.15) is 16.5 Å². The van der Waals surface area contributed by atoms with Crippen molar-refractivity contribution in [3.05, 3.63) is 78.1 Å². The van der Waals surface area contributed by atoms with Crippen molar-refractivity contribution in [3.63, 3.8) is 0 Å². The number of fused-ring (bicyclic) bond motifs is 3. The zero-order valence-corrected chi connectivity index (χ0v) is 19.9. The summed E-state index contributed by atoms with van der Waals surface area (Å²) in [5.41, 5.74) is 3.50. The average Bonchev–Trinajstić information content (AvgIpc) is 3.30. The first kappa shape index (κ1) is 22.8. The third-order valence-corrected chi connectivity index (χ3v) is 9.06. The van der Waals surface area contributed by atoms with Gasteiger partial charge in [0.25, 0.3) is 0 Å². The van der Waals surface area contributed by atoms with Gasteiger partial charge in [0.05, 0.1) is 25.8 Å². The molecule has 3 aromatic carbocycles. The van der Waals surface area contributed by atoms with Gasteiger partial charge in [-0.2, -0.15) is 4.31 Å². The smallest absolute Gasteiger partial charge is 0.247 e. The number of aliphatic hydroxyl groups excluding tert-OH is 1. The van der Waals surface area contributed by atoms with E-state index in [1.807, 2.05) is 30.1 Å². The third-order valence-electron chi connectivity index (χ3n) is 7.14. The predicted molar refractivity (Wildman–Crippen MR) is 129 cm³/mol. The van der Waals surface area contributed by atoms with E-state index >= 15 is 0 Å². The fourth-order valence-electron chi connectivity index (χ4n) is 5.46. The zero-order valence-electron chi connectivity index (χ0n) is 19.1. The van der Waals surface area contributed by atoms with Crippen LogP contribution < -0.4 is 9.64 Å². The molecule has 3 atom stereocenters. The summed E-state index contributed by atoms with van der Waals surface area (Å²) in [5, 5.41) is 10.2. The monoisotopic (exact) mass is 482 g/mol. The number of hydrogen-bond acceptors (Lipinski definition) is 5. The number of para-hydroxylation sites is 1. The van der Waals surface area contributed by atoms with Crippen molar-refractivity contribution in [1.82, 2.24) is 4.31 Å². The molecular formula is C26H27FN2O4S. The summed E-state index contributed by atoms with van der Waals surface area (Å²) < 4.78 is 48.1. The van der Waals surface area contributed by atoms with E-state index in [0.717, 1.165) is 22.4 Å². The van der Waals surface area contributed by atoms with Gasteiger partial charge in [0.2, 0.25) is 10.0 Å². The third kappa shape index (κ3) is 3.57. The van der Waals surface area contributed by atoms with Crippen LogP contribution in [0.1, 0.15) is 18.0 Å². The number of halogens is 1. The lowest BCUT2D eigenvalue weighted by Gasteiger charge is -2.44. The minimum atomic E-state index is -3.87. The molecule has 1 fully saturated rings. The molecule has 0 amide bonds. The molecule has 2 aliphatic rings. The maximum Gasteiger partial charge on any atom is 0.247 e. The van der Waals surface area contributed by atoms with Gasteiger partial charge in [-0.15, -0.1) is 0 Å². The first-order valence-corrected chi connectivity index (χ1v) is 12.7. The highest BCUT2D eigenvalue weighted by Gasteiger charge is 2.50. The normalized spacial score (nSPS) is 22.4. The molecule has 1 N–H and O–H groups in total. The van der Waals surface area contributed by atoms with E-state index in [2.05, 4.69) is 0 Å². The summed E-state index contributed by atoms with van der Waals surface area (Å²) in [7, 11) is -0.472. The summed E-state index contributed by atoms with van der Waals surface area (Å²) in [5.74, 6) is -0.0783. The van der Waals surface area contributed by atoms with Crippen molar-refractivity contribution in [3.8, 4) is 16.9 Å². The Hall–Kier alpha value is -2.94. The molecule has 0 saturated carbocycles. The first-order chi connectivity index (χ1) is 16.4. The minimum absolute atomic E-state index is 0.0701. The second-order valence-electron chi connectivity index (χ2n) is 8.81. The van der Waals surface area contributed by atoms with Crippen LogP contribution >= 0.6 is 0 Å². The highest BCUT2D eigenvalue weighted by atomic mass is 32.2. The number of benzene rings is 3. The van der Waals surface area contributed by atoms with E-state index < -0.39 is 16.1 Å². The van der Waals surface area contributed by atoms with Crippen LogP contribution in [-0.2, 0) is 10.0 Å². The zero-order chi connectivity index (χ0) is 24.0. The SMILES string of the molecule is COc1ccccc1S(=O)(=O)N1CC[C@H]2[C@@H](CO)N(C)c3ccc(-c4ccc(F)cc4)cc3[C@H]21. The number of aliphatic hydroxyl groups is 1. The molecule has 2 aliphatic heterocycles. The van der Waals surface area contributed by atoms with Gasteiger partial charge >= 0.3 is 0 Å². The van der Waals surface area contributed by atoms with E-state index in [9.17, 15) is 17.9 Å². The van der Waals surface area contributed by atoms with Crippen LogP contribution in [0.25, 0.3) is 11.1 Å². The molecule has 0 spiro atoms. The van der Waals surface area contributed by atoms with Crippen LogP contribution in [0, 0.1) is 11.7 Å². The quantitative estimate of drug-likeness (QED) is 0.594. The lowest BCUT2D eigenvalue weighted by Crippen LogP contribution is -2.48. The van der Waals surface area contributed by atoms with Gasteiger partial charge in [-0.3, -0.25) is 0 Å². The van der Waals surface area contributed by atoms with E-state index in [-0.39, 0.29) is 29.3 Å². The van der Waals surface area contributed by atoms with E-state index in [4.69, 9.17) is 4.74 Å². The van der Waals surface area contributed by atoms with Crippen LogP contribution in [0.15, 0.2) is 71.6 Å². The summed E-state index contributed by atoms with van der Waals surface area (Å²) in [6.45, 7) is 0.277. The number of methoxy groups -OCH3 is 1. The molecule has 3 aromatic rings.